The van der Waals surface area contributed by atoms with Crippen LogP contribution in [-0.4, -0.2) is 56.6 Å². The number of anilines is 1. The second-order valence-corrected chi connectivity index (χ2v) is 11.6. The summed E-state index contributed by atoms with van der Waals surface area (Å²) in [5.41, 5.74) is 1.26. The molecule has 0 saturated carbocycles. The molecular formula is C30H36FN3O5S. The first kappa shape index (κ1) is 30.6. The number of benzene rings is 3. The maximum atomic E-state index is 14.8. The number of sulfonamides is 1. The van der Waals surface area contributed by atoms with E-state index in [1.807, 2.05) is 37.3 Å². The van der Waals surface area contributed by atoms with Crippen LogP contribution in [0.1, 0.15) is 31.9 Å². The van der Waals surface area contributed by atoms with E-state index in [2.05, 4.69) is 5.32 Å². The Morgan fingerprint density at radius 3 is 2.15 bits per heavy atom. The molecule has 0 aromatic heterocycles. The molecule has 0 aliphatic rings. The average molecular weight is 570 g/mol. The fraction of sp³-hybridized carbons (Fsp3) is 0.333. The van der Waals surface area contributed by atoms with Crippen LogP contribution in [0.15, 0.2) is 78.9 Å². The van der Waals surface area contributed by atoms with Gasteiger partial charge in [-0.2, -0.15) is 0 Å². The van der Waals surface area contributed by atoms with Gasteiger partial charge in [0.25, 0.3) is 0 Å². The summed E-state index contributed by atoms with van der Waals surface area (Å²) in [6.45, 7) is 5.08. The van der Waals surface area contributed by atoms with E-state index >= 15 is 0 Å². The molecule has 0 radical (unpaired) electrons. The van der Waals surface area contributed by atoms with E-state index in [-0.39, 0.29) is 30.3 Å². The van der Waals surface area contributed by atoms with Crippen LogP contribution < -0.4 is 14.4 Å². The van der Waals surface area contributed by atoms with Crippen molar-refractivity contribution in [3.05, 3.63) is 95.8 Å². The Hall–Kier alpha value is -3.92. The van der Waals surface area contributed by atoms with Crippen molar-refractivity contribution in [1.29, 1.82) is 0 Å². The average Bonchev–Trinajstić information content (AvgIpc) is 2.90. The first-order valence-corrected chi connectivity index (χ1v) is 14.9. The van der Waals surface area contributed by atoms with Gasteiger partial charge >= 0.3 is 0 Å². The third kappa shape index (κ3) is 8.54. The molecule has 3 rings (SSSR count). The Morgan fingerprint density at radius 2 is 1.57 bits per heavy atom. The van der Waals surface area contributed by atoms with E-state index in [0.29, 0.717) is 12.4 Å². The zero-order valence-corrected chi connectivity index (χ0v) is 24.0. The highest BCUT2D eigenvalue weighted by molar-refractivity contribution is 7.92. The minimum absolute atomic E-state index is 0.154. The number of hydrogen-bond donors (Lipinski definition) is 1. The molecule has 8 nitrogen and oxygen atoms in total. The Bertz CT molecular complexity index is 1380. The zero-order chi connectivity index (χ0) is 29.3. The van der Waals surface area contributed by atoms with Crippen LogP contribution in [0.5, 0.6) is 5.75 Å². The van der Waals surface area contributed by atoms with Crippen molar-refractivity contribution < 1.29 is 27.1 Å². The molecule has 0 aliphatic carbocycles. The molecule has 3 aromatic rings. The molecule has 10 heteroatoms. The van der Waals surface area contributed by atoms with Gasteiger partial charge in [0.05, 0.1) is 18.6 Å². The predicted octanol–water partition coefficient (Wildman–Crippen LogP) is 4.16. The smallest absolute Gasteiger partial charge is 0.244 e. The third-order valence-corrected chi connectivity index (χ3v) is 7.26. The van der Waals surface area contributed by atoms with Gasteiger partial charge in [-0.05, 0) is 56.7 Å². The summed E-state index contributed by atoms with van der Waals surface area (Å²) in [6.07, 6.45) is 1.16. The largest absolute Gasteiger partial charge is 0.494 e. The van der Waals surface area contributed by atoms with Crippen molar-refractivity contribution in [3.63, 3.8) is 0 Å². The molecule has 1 N–H and O–H groups in total. The number of carbonyl (C=O) groups is 2. The molecule has 2 amide bonds. The quantitative estimate of drug-likeness (QED) is 0.334. The Labute approximate surface area is 235 Å². The van der Waals surface area contributed by atoms with E-state index in [1.54, 1.807) is 44.2 Å². The number of rotatable bonds is 13. The third-order valence-electron chi connectivity index (χ3n) is 6.12. The van der Waals surface area contributed by atoms with Crippen LogP contribution in [0.25, 0.3) is 0 Å². The lowest BCUT2D eigenvalue weighted by Gasteiger charge is -2.34. The second kappa shape index (κ2) is 13.9. The van der Waals surface area contributed by atoms with E-state index in [4.69, 9.17) is 4.74 Å². The number of nitrogens with zero attached hydrogens (tertiary/aromatic N) is 2. The highest BCUT2D eigenvalue weighted by Gasteiger charge is 2.33. The predicted molar refractivity (Wildman–Crippen MR) is 154 cm³/mol. The Kier molecular flexibility index (Phi) is 10.7. The summed E-state index contributed by atoms with van der Waals surface area (Å²) in [5.74, 6) is -1.05. The lowest BCUT2D eigenvalue weighted by atomic mass is 10.0. The number of carbonyl (C=O) groups excluding carboxylic acids is 2. The van der Waals surface area contributed by atoms with Gasteiger partial charge in [-0.3, -0.25) is 13.9 Å². The summed E-state index contributed by atoms with van der Waals surface area (Å²) >= 11 is 0. The van der Waals surface area contributed by atoms with Crippen molar-refractivity contribution in [3.8, 4) is 5.75 Å². The van der Waals surface area contributed by atoms with Gasteiger partial charge in [0.2, 0.25) is 21.8 Å². The van der Waals surface area contributed by atoms with Gasteiger partial charge < -0.3 is 15.0 Å². The molecule has 3 aromatic carbocycles. The molecule has 0 heterocycles. The maximum absolute atomic E-state index is 14.8. The van der Waals surface area contributed by atoms with Crippen LogP contribution in [0, 0.1) is 5.82 Å². The van der Waals surface area contributed by atoms with Crippen molar-refractivity contribution in [1.82, 2.24) is 10.2 Å². The van der Waals surface area contributed by atoms with E-state index < -0.39 is 40.2 Å². The first-order chi connectivity index (χ1) is 19.0. The van der Waals surface area contributed by atoms with E-state index in [9.17, 15) is 22.4 Å². The number of ether oxygens (including phenoxy) is 1. The first-order valence-electron chi connectivity index (χ1n) is 13.1. The van der Waals surface area contributed by atoms with Gasteiger partial charge in [-0.25, -0.2) is 12.8 Å². The molecule has 0 saturated heterocycles. The lowest BCUT2D eigenvalue weighted by molar-refractivity contribution is -0.140. The fourth-order valence-corrected chi connectivity index (χ4v) is 5.08. The van der Waals surface area contributed by atoms with Gasteiger partial charge in [-0.1, -0.05) is 48.5 Å². The molecule has 0 spiro atoms. The number of nitrogens with one attached hydrogen (secondary N) is 1. The molecule has 0 bridgehead atoms. The summed E-state index contributed by atoms with van der Waals surface area (Å²) in [7, 11) is -3.91. The summed E-state index contributed by atoms with van der Waals surface area (Å²) in [6, 6.07) is 20.3. The standard InChI is InChI=1S/C30H36FN3O5S/c1-5-39-26-17-15-25(16-18-26)34(40(4,37)38)21-29(35)33(20-24-13-9-10-14-27(24)31)28(30(36)32-22(2)3)19-23-11-7-6-8-12-23/h6-18,22,28H,5,19-21H2,1-4H3,(H,32,36). The Morgan fingerprint density at radius 1 is 0.950 bits per heavy atom. The molecule has 214 valence electrons. The van der Waals surface area contributed by atoms with Gasteiger partial charge in [-0.15, -0.1) is 0 Å². The van der Waals surface area contributed by atoms with Crippen LogP contribution >= 0.6 is 0 Å². The monoisotopic (exact) mass is 569 g/mol. The molecule has 1 atom stereocenters. The van der Waals surface area contributed by atoms with Gasteiger partial charge in [0, 0.05) is 24.6 Å². The maximum Gasteiger partial charge on any atom is 0.244 e. The SMILES string of the molecule is CCOc1ccc(N(CC(=O)N(Cc2ccccc2F)C(Cc2ccccc2)C(=O)NC(C)C)S(C)(=O)=O)cc1. The van der Waals surface area contributed by atoms with Crippen LogP contribution in [0.4, 0.5) is 10.1 Å². The summed E-state index contributed by atoms with van der Waals surface area (Å²) in [5, 5.41) is 2.86. The molecule has 0 fully saturated rings. The van der Waals surface area contributed by atoms with Crippen molar-refractivity contribution in [2.24, 2.45) is 0 Å². The zero-order valence-electron chi connectivity index (χ0n) is 23.2. The summed E-state index contributed by atoms with van der Waals surface area (Å²) in [4.78, 5) is 28.7. The van der Waals surface area contributed by atoms with E-state index in [0.717, 1.165) is 16.1 Å². The number of hydrogen-bond acceptors (Lipinski definition) is 5. The highest BCUT2D eigenvalue weighted by atomic mass is 32.2. The van der Waals surface area contributed by atoms with Gasteiger partial charge in [0.1, 0.15) is 24.2 Å². The highest BCUT2D eigenvalue weighted by Crippen LogP contribution is 2.23. The Balaban J connectivity index is 2.04. The lowest BCUT2D eigenvalue weighted by Crippen LogP contribution is -2.54. The van der Waals surface area contributed by atoms with Gasteiger partial charge in [0.15, 0.2) is 0 Å². The van der Waals surface area contributed by atoms with E-state index in [1.165, 1.54) is 23.1 Å². The summed E-state index contributed by atoms with van der Waals surface area (Å²) < 4.78 is 46.9. The van der Waals surface area contributed by atoms with Crippen molar-refractivity contribution >= 4 is 27.5 Å². The molecule has 0 aliphatic heterocycles. The molecular weight excluding hydrogens is 533 g/mol. The normalized spacial score (nSPS) is 12.1. The van der Waals surface area contributed by atoms with Crippen molar-refractivity contribution in [2.75, 3.05) is 23.7 Å². The minimum Gasteiger partial charge on any atom is -0.494 e. The number of halogens is 1. The molecule has 1 unspecified atom stereocenters. The van der Waals surface area contributed by atoms with Crippen molar-refractivity contribution in [2.45, 2.75) is 45.8 Å². The van der Waals surface area contributed by atoms with Crippen LogP contribution in [0.2, 0.25) is 0 Å². The molecule has 40 heavy (non-hydrogen) atoms. The number of amides is 2. The topological polar surface area (TPSA) is 96.0 Å². The second-order valence-electron chi connectivity index (χ2n) is 9.68. The van der Waals surface area contributed by atoms with Crippen LogP contribution in [-0.2, 0) is 32.6 Å². The van der Waals surface area contributed by atoms with Crippen LogP contribution in [0.3, 0.4) is 0 Å². The fourth-order valence-electron chi connectivity index (χ4n) is 4.23. The minimum atomic E-state index is -3.91.